The minimum absolute atomic E-state index is 0.00431. The van der Waals surface area contributed by atoms with Gasteiger partial charge in [0, 0.05) is 30.1 Å². The average Bonchev–Trinajstić information content (AvgIpc) is 2.31. The van der Waals surface area contributed by atoms with Crippen molar-refractivity contribution in [3.8, 4) is 0 Å². The molecule has 0 aromatic heterocycles. The van der Waals surface area contributed by atoms with Crippen molar-refractivity contribution < 1.29 is 4.79 Å². The number of rotatable bonds is 1. The first-order valence-corrected chi connectivity index (χ1v) is 6.72. The van der Waals surface area contributed by atoms with E-state index in [2.05, 4.69) is 28.2 Å². The molecule has 92 valence electrons. The maximum absolute atomic E-state index is 12.3. The molecule has 1 N–H and O–H groups in total. The van der Waals surface area contributed by atoms with E-state index < -0.39 is 0 Å². The highest BCUT2D eigenvalue weighted by Gasteiger charge is 2.23. The Kier molecular flexibility index (Phi) is 4.07. The van der Waals surface area contributed by atoms with E-state index in [1.165, 1.54) is 0 Å². The normalized spacial score (nSPS) is 20.4. The van der Waals surface area contributed by atoms with Crippen LogP contribution >= 0.6 is 27.5 Å². The molecule has 1 aliphatic rings. The van der Waals surface area contributed by atoms with Gasteiger partial charge >= 0.3 is 0 Å². The van der Waals surface area contributed by atoms with Crippen LogP contribution in [0.25, 0.3) is 0 Å². The summed E-state index contributed by atoms with van der Waals surface area (Å²) < 4.78 is 0.869. The smallest absolute Gasteiger partial charge is 0.255 e. The zero-order valence-corrected chi connectivity index (χ0v) is 11.9. The number of hydrogen-bond acceptors (Lipinski definition) is 2. The van der Waals surface area contributed by atoms with Crippen molar-refractivity contribution in [2.24, 2.45) is 0 Å². The molecule has 1 saturated heterocycles. The zero-order chi connectivity index (χ0) is 12.4. The molecule has 1 aromatic carbocycles. The SMILES string of the molecule is CC1CN(C(=O)c2cc(Br)ccc2Cl)CCN1. The van der Waals surface area contributed by atoms with Crippen LogP contribution in [-0.2, 0) is 0 Å². The van der Waals surface area contributed by atoms with Gasteiger partial charge in [-0.3, -0.25) is 4.79 Å². The number of nitrogens with one attached hydrogen (secondary N) is 1. The molecule has 1 aromatic rings. The van der Waals surface area contributed by atoms with Gasteiger partial charge in [0.05, 0.1) is 10.6 Å². The van der Waals surface area contributed by atoms with E-state index in [1.54, 1.807) is 12.1 Å². The van der Waals surface area contributed by atoms with Crippen LogP contribution in [0, 0.1) is 0 Å². The monoisotopic (exact) mass is 316 g/mol. The number of benzene rings is 1. The van der Waals surface area contributed by atoms with Crippen molar-refractivity contribution in [1.29, 1.82) is 0 Å². The summed E-state index contributed by atoms with van der Waals surface area (Å²) in [7, 11) is 0. The number of hydrogen-bond donors (Lipinski definition) is 1. The molecule has 1 amide bonds. The number of carbonyl (C=O) groups excluding carboxylic acids is 1. The Balaban J connectivity index is 2.21. The molecular weight excluding hydrogens is 304 g/mol. The molecule has 0 aliphatic carbocycles. The van der Waals surface area contributed by atoms with Crippen molar-refractivity contribution in [3.63, 3.8) is 0 Å². The van der Waals surface area contributed by atoms with Crippen molar-refractivity contribution >= 4 is 33.4 Å². The third kappa shape index (κ3) is 3.00. The molecule has 1 heterocycles. The van der Waals surface area contributed by atoms with Crippen molar-refractivity contribution in [1.82, 2.24) is 10.2 Å². The Bertz CT molecular complexity index is 439. The minimum atomic E-state index is 0.00431. The topological polar surface area (TPSA) is 32.3 Å². The lowest BCUT2D eigenvalue weighted by Crippen LogP contribution is -2.51. The number of nitrogens with zero attached hydrogens (tertiary/aromatic N) is 1. The fourth-order valence-electron chi connectivity index (χ4n) is 1.95. The van der Waals surface area contributed by atoms with E-state index in [-0.39, 0.29) is 5.91 Å². The first kappa shape index (κ1) is 12.9. The molecule has 0 saturated carbocycles. The summed E-state index contributed by atoms with van der Waals surface area (Å²) in [6.07, 6.45) is 0. The second-order valence-electron chi connectivity index (χ2n) is 4.23. The second-order valence-corrected chi connectivity index (χ2v) is 5.55. The van der Waals surface area contributed by atoms with Crippen molar-refractivity contribution in [3.05, 3.63) is 33.3 Å². The summed E-state index contributed by atoms with van der Waals surface area (Å²) in [5, 5.41) is 3.81. The van der Waals surface area contributed by atoms with Gasteiger partial charge in [-0.15, -0.1) is 0 Å². The standard InChI is InChI=1S/C12H14BrClN2O/c1-8-7-16(5-4-15-8)12(17)10-6-9(13)2-3-11(10)14/h2-3,6,8,15H,4-5,7H2,1H3. The maximum Gasteiger partial charge on any atom is 0.255 e. The highest BCUT2D eigenvalue weighted by atomic mass is 79.9. The van der Waals surface area contributed by atoms with Gasteiger partial charge in [-0.1, -0.05) is 27.5 Å². The first-order chi connectivity index (χ1) is 8.08. The van der Waals surface area contributed by atoms with Crippen LogP contribution in [0.3, 0.4) is 0 Å². The Morgan fingerprint density at radius 3 is 3.06 bits per heavy atom. The van der Waals surface area contributed by atoms with Gasteiger partial charge < -0.3 is 10.2 Å². The van der Waals surface area contributed by atoms with E-state index in [9.17, 15) is 4.79 Å². The Morgan fingerprint density at radius 2 is 2.35 bits per heavy atom. The largest absolute Gasteiger partial charge is 0.336 e. The summed E-state index contributed by atoms with van der Waals surface area (Å²) in [5.41, 5.74) is 0.565. The third-order valence-corrected chi connectivity index (χ3v) is 3.64. The number of carbonyl (C=O) groups is 1. The van der Waals surface area contributed by atoms with Gasteiger partial charge in [0.1, 0.15) is 0 Å². The molecule has 0 bridgehead atoms. The summed E-state index contributed by atoms with van der Waals surface area (Å²) in [4.78, 5) is 14.2. The predicted octanol–water partition coefficient (Wildman–Crippen LogP) is 2.54. The number of piperazine rings is 1. The second kappa shape index (κ2) is 5.38. The van der Waals surface area contributed by atoms with Gasteiger partial charge in [-0.2, -0.15) is 0 Å². The van der Waals surface area contributed by atoms with E-state index in [0.717, 1.165) is 24.1 Å². The third-order valence-electron chi connectivity index (χ3n) is 2.81. The summed E-state index contributed by atoms with van der Waals surface area (Å²) >= 11 is 9.42. The van der Waals surface area contributed by atoms with E-state index in [4.69, 9.17) is 11.6 Å². The molecular formula is C12H14BrClN2O. The molecule has 17 heavy (non-hydrogen) atoms. The lowest BCUT2D eigenvalue weighted by molar-refractivity contribution is 0.0709. The fourth-order valence-corrected chi connectivity index (χ4v) is 2.51. The van der Waals surface area contributed by atoms with Crippen LogP contribution in [0.15, 0.2) is 22.7 Å². The van der Waals surface area contributed by atoms with Gasteiger partial charge in [-0.05, 0) is 25.1 Å². The predicted molar refractivity (Wildman–Crippen MR) is 72.5 cm³/mol. The Labute approximate surface area is 114 Å². The number of halogens is 2. The molecule has 3 nitrogen and oxygen atoms in total. The zero-order valence-electron chi connectivity index (χ0n) is 9.54. The molecule has 1 atom stereocenters. The minimum Gasteiger partial charge on any atom is -0.336 e. The van der Waals surface area contributed by atoms with E-state index >= 15 is 0 Å². The molecule has 5 heteroatoms. The van der Waals surface area contributed by atoms with E-state index in [1.807, 2.05) is 11.0 Å². The highest BCUT2D eigenvalue weighted by molar-refractivity contribution is 9.10. The van der Waals surface area contributed by atoms with Crippen LogP contribution in [0.2, 0.25) is 5.02 Å². The Hall–Kier alpha value is -0.580. The molecule has 1 aliphatic heterocycles. The molecule has 1 unspecified atom stereocenters. The Morgan fingerprint density at radius 1 is 1.59 bits per heavy atom. The highest BCUT2D eigenvalue weighted by Crippen LogP contribution is 2.22. The first-order valence-electron chi connectivity index (χ1n) is 5.55. The quantitative estimate of drug-likeness (QED) is 0.863. The van der Waals surface area contributed by atoms with Crippen LogP contribution in [-0.4, -0.2) is 36.5 Å². The lowest BCUT2D eigenvalue weighted by Gasteiger charge is -2.32. The average molecular weight is 318 g/mol. The molecule has 0 spiro atoms. The van der Waals surface area contributed by atoms with Gasteiger partial charge in [-0.25, -0.2) is 0 Å². The number of amides is 1. The summed E-state index contributed by atoms with van der Waals surface area (Å²) in [6.45, 7) is 4.36. The van der Waals surface area contributed by atoms with E-state index in [0.29, 0.717) is 16.6 Å². The lowest BCUT2D eigenvalue weighted by atomic mass is 10.1. The van der Waals surface area contributed by atoms with Crippen LogP contribution < -0.4 is 5.32 Å². The summed E-state index contributed by atoms with van der Waals surface area (Å²) in [6, 6.07) is 5.68. The van der Waals surface area contributed by atoms with Gasteiger partial charge in [0.15, 0.2) is 0 Å². The fraction of sp³-hybridized carbons (Fsp3) is 0.417. The maximum atomic E-state index is 12.3. The van der Waals surface area contributed by atoms with Gasteiger partial charge in [0.25, 0.3) is 5.91 Å². The molecule has 2 rings (SSSR count). The van der Waals surface area contributed by atoms with Gasteiger partial charge in [0.2, 0.25) is 0 Å². The van der Waals surface area contributed by atoms with Crippen molar-refractivity contribution in [2.75, 3.05) is 19.6 Å². The van der Waals surface area contributed by atoms with Crippen molar-refractivity contribution in [2.45, 2.75) is 13.0 Å². The summed E-state index contributed by atoms with van der Waals surface area (Å²) in [5.74, 6) is 0.00431. The van der Waals surface area contributed by atoms with Crippen LogP contribution in [0.1, 0.15) is 17.3 Å². The van der Waals surface area contributed by atoms with Crippen LogP contribution in [0.5, 0.6) is 0 Å². The molecule has 1 fully saturated rings. The van der Waals surface area contributed by atoms with Crippen LogP contribution in [0.4, 0.5) is 0 Å². The molecule has 0 radical (unpaired) electrons.